The number of nitrogens with one attached hydrogen (secondary N) is 1. The molecule has 0 radical (unpaired) electrons. The summed E-state index contributed by atoms with van der Waals surface area (Å²) < 4.78 is 10.3. The molecular formula is C17H14BrNO6. The molecule has 0 heterocycles. The Labute approximate surface area is 151 Å². The Kier molecular flexibility index (Phi) is 6.13. The van der Waals surface area contributed by atoms with E-state index in [9.17, 15) is 14.4 Å². The van der Waals surface area contributed by atoms with E-state index >= 15 is 0 Å². The molecule has 0 aliphatic carbocycles. The minimum Gasteiger partial charge on any atom is -0.482 e. The van der Waals surface area contributed by atoms with Gasteiger partial charge in [0, 0.05) is 5.69 Å². The van der Waals surface area contributed by atoms with Crippen LogP contribution in [0.2, 0.25) is 0 Å². The van der Waals surface area contributed by atoms with Crippen LogP contribution in [0, 0.1) is 0 Å². The van der Waals surface area contributed by atoms with E-state index in [2.05, 4.69) is 26.0 Å². The Balaban J connectivity index is 2.00. The maximum atomic E-state index is 12.0. The molecule has 7 nitrogen and oxygen atoms in total. The highest BCUT2D eigenvalue weighted by Gasteiger charge is 2.15. The molecule has 2 rings (SSSR count). The van der Waals surface area contributed by atoms with E-state index in [4.69, 9.17) is 9.84 Å². The van der Waals surface area contributed by atoms with Crippen LogP contribution in [-0.4, -0.2) is 36.7 Å². The number of amides is 1. The second kappa shape index (κ2) is 8.29. The molecule has 25 heavy (non-hydrogen) atoms. The number of benzene rings is 2. The molecule has 0 fully saturated rings. The minimum atomic E-state index is -1.16. The molecule has 2 aromatic rings. The lowest BCUT2D eigenvalue weighted by molar-refractivity contribution is -0.118. The highest BCUT2D eigenvalue weighted by Crippen LogP contribution is 2.29. The molecule has 0 aliphatic rings. The van der Waals surface area contributed by atoms with Crippen LogP contribution in [0.5, 0.6) is 5.75 Å². The van der Waals surface area contributed by atoms with Crippen molar-refractivity contribution >= 4 is 39.5 Å². The summed E-state index contributed by atoms with van der Waals surface area (Å²) in [6.45, 7) is -0.373. The molecule has 0 unspecified atom stereocenters. The van der Waals surface area contributed by atoms with E-state index in [0.717, 1.165) is 0 Å². The molecule has 8 heteroatoms. The van der Waals surface area contributed by atoms with Crippen molar-refractivity contribution in [3.8, 4) is 5.75 Å². The van der Waals surface area contributed by atoms with E-state index in [1.807, 2.05) is 0 Å². The third-order valence-electron chi connectivity index (χ3n) is 3.13. The van der Waals surface area contributed by atoms with Crippen molar-refractivity contribution < 1.29 is 29.0 Å². The lowest BCUT2D eigenvalue weighted by atomic mass is 10.2. The number of halogens is 1. The SMILES string of the molecule is COC(=O)c1ccc(NC(=O)COc2c(Br)cccc2C(=O)O)cc1. The van der Waals surface area contributed by atoms with Gasteiger partial charge in [-0.15, -0.1) is 0 Å². The van der Waals surface area contributed by atoms with Gasteiger partial charge in [0.15, 0.2) is 6.61 Å². The number of rotatable bonds is 6. The maximum absolute atomic E-state index is 12.0. The first-order valence-corrected chi connectivity index (χ1v) is 7.84. The second-order valence-corrected chi connectivity index (χ2v) is 5.68. The number of hydrogen-bond donors (Lipinski definition) is 2. The van der Waals surface area contributed by atoms with Crippen LogP contribution in [-0.2, 0) is 9.53 Å². The van der Waals surface area contributed by atoms with E-state index in [1.165, 1.54) is 25.3 Å². The number of carbonyl (C=O) groups is 3. The molecule has 0 saturated carbocycles. The van der Waals surface area contributed by atoms with Gasteiger partial charge >= 0.3 is 11.9 Å². The summed E-state index contributed by atoms with van der Waals surface area (Å²) in [5.41, 5.74) is 0.771. The van der Waals surface area contributed by atoms with E-state index < -0.39 is 17.8 Å². The van der Waals surface area contributed by atoms with Gasteiger partial charge in [0.05, 0.1) is 17.1 Å². The van der Waals surface area contributed by atoms with Gasteiger partial charge in [0.1, 0.15) is 11.3 Å². The largest absolute Gasteiger partial charge is 0.482 e. The van der Waals surface area contributed by atoms with Crippen LogP contribution in [0.4, 0.5) is 5.69 Å². The van der Waals surface area contributed by atoms with Crippen LogP contribution < -0.4 is 10.1 Å². The molecule has 0 bridgehead atoms. The molecule has 2 aromatic carbocycles. The Bertz CT molecular complexity index is 803. The standard InChI is InChI=1S/C17H14BrNO6/c1-24-17(23)10-5-7-11(8-6-10)19-14(20)9-25-15-12(16(21)22)3-2-4-13(15)18/h2-8H,9H2,1H3,(H,19,20)(H,21,22). The lowest BCUT2D eigenvalue weighted by Gasteiger charge is -2.11. The fourth-order valence-corrected chi connectivity index (χ4v) is 2.45. The summed E-state index contributed by atoms with van der Waals surface area (Å²) in [4.78, 5) is 34.5. The summed E-state index contributed by atoms with van der Waals surface area (Å²) >= 11 is 3.20. The van der Waals surface area contributed by atoms with Crippen LogP contribution in [0.1, 0.15) is 20.7 Å². The number of carboxylic acids is 1. The zero-order valence-electron chi connectivity index (χ0n) is 13.1. The fraction of sp³-hybridized carbons (Fsp3) is 0.118. The van der Waals surface area contributed by atoms with Crippen molar-refractivity contribution in [1.82, 2.24) is 0 Å². The summed E-state index contributed by atoms with van der Waals surface area (Å²) in [6, 6.07) is 10.7. The number of aromatic carboxylic acids is 1. The van der Waals surface area contributed by atoms with Crippen LogP contribution in [0.3, 0.4) is 0 Å². The Morgan fingerprint density at radius 3 is 2.40 bits per heavy atom. The number of esters is 1. The Morgan fingerprint density at radius 1 is 1.12 bits per heavy atom. The van der Waals surface area contributed by atoms with Crippen molar-refractivity contribution in [2.45, 2.75) is 0 Å². The normalized spacial score (nSPS) is 10.0. The third-order valence-corrected chi connectivity index (χ3v) is 3.76. The monoisotopic (exact) mass is 407 g/mol. The van der Waals surface area contributed by atoms with Gasteiger partial charge in [-0.05, 0) is 52.3 Å². The average Bonchev–Trinajstić information content (AvgIpc) is 2.60. The van der Waals surface area contributed by atoms with Gasteiger partial charge in [-0.3, -0.25) is 4.79 Å². The van der Waals surface area contributed by atoms with E-state index in [1.54, 1.807) is 24.3 Å². The molecule has 2 N–H and O–H groups in total. The molecule has 130 valence electrons. The quantitative estimate of drug-likeness (QED) is 0.713. The first kappa shape index (κ1) is 18.5. The highest BCUT2D eigenvalue weighted by molar-refractivity contribution is 9.10. The molecule has 0 spiro atoms. The predicted octanol–water partition coefficient (Wildman–Crippen LogP) is 2.95. The van der Waals surface area contributed by atoms with Crippen LogP contribution in [0.25, 0.3) is 0 Å². The number of para-hydroxylation sites is 1. The summed E-state index contributed by atoms with van der Waals surface area (Å²) in [5, 5.41) is 11.7. The molecule has 1 amide bonds. The molecule has 0 aromatic heterocycles. The average molecular weight is 408 g/mol. The van der Waals surface area contributed by atoms with Gasteiger partial charge in [-0.2, -0.15) is 0 Å². The number of hydrogen-bond acceptors (Lipinski definition) is 5. The second-order valence-electron chi connectivity index (χ2n) is 4.83. The van der Waals surface area contributed by atoms with Gasteiger partial charge < -0.3 is 19.9 Å². The van der Waals surface area contributed by atoms with Crippen molar-refractivity contribution in [3.05, 3.63) is 58.1 Å². The number of carboxylic acid groups (broad SMARTS) is 1. The van der Waals surface area contributed by atoms with Gasteiger partial charge in [-0.1, -0.05) is 6.07 Å². The fourth-order valence-electron chi connectivity index (χ4n) is 1.97. The minimum absolute atomic E-state index is 0.0513. The van der Waals surface area contributed by atoms with Crippen molar-refractivity contribution in [2.75, 3.05) is 19.0 Å². The van der Waals surface area contributed by atoms with Gasteiger partial charge in [0.2, 0.25) is 0 Å². The number of methoxy groups -OCH3 is 1. The zero-order chi connectivity index (χ0) is 18.4. The van der Waals surface area contributed by atoms with Crippen LogP contribution in [0.15, 0.2) is 46.9 Å². The number of carbonyl (C=O) groups excluding carboxylic acids is 2. The maximum Gasteiger partial charge on any atom is 0.339 e. The Morgan fingerprint density at radius 2 is 1.80 bits per heavy atom. The summed E-state index contributed by atoms with van der Waals surface area (Å²) in [7, 11) is 1.28. The van der Waals surface area contributed by atoms with Crippen LogP contribution >= 0.6 is 15.9 Å². The lowest BCUT2D eigenvalue weighted by Crippen LogP contribution is -2.21. The molecule has 0 saturated heterocycles. The third kappa shape index (κ3) is 4.80. The number of ether oxygens (including phenoxy) is 2. The highest BCUT2D eigenvalue weighted by atomic mass is 79.9. The Hall–Kier alpha value is -2.87. The first-order valence-electron chi connectivity index (χ1n) is 7.05. The topological polar surface area (TPSA) is 102 Å². The smallest absolute Gasteiger partial charge is 0.339 e. The zero-order valence-corrected chi connectivity index (χ0v) is 14.7. The van der Waals surface area contributed by atoms with Gasteiger partial charge in [0.25, 0.3) is 5.91 Å². The van der Waals surface area contributed by atoms with E-state index in [-0.39, 0.29) is 17.9 Å². The molecular weight excluding hydrogens is 394 g/mol. The molecule has 0 atom stereocenters. The van der Waals surface area contributed by atoms with Crippen molar-refractivity contribution in [1.29, 1.82) is 0 Å². The number of anilines is 1. The molecule has 0 aliphatic heterocycles. The summed E-state index contributed by atoms with van der Waals surface area (Å²) in [6.07, 6.45) is 0. The first-order chi connectivity index (χ1) is 11.9. The predicted molar refractivity (Wildman–Crippen MR) is 93.0 cm³/mol. The van der Waals surface area contributed by atoms with Crippen molar-refractivity contribution in [3.63, 3.8) is 0 Å². The van der Waals surface area contributed by atoms with Crippen molar-refractivity contribution in [2.24, 2.45) is 0 Å². The van der Waals surface area contributed by atoms with E-state index in [0.29, 0.717) is 15.7 Å². The van der Waals surface area contributed by atoms with Gasteiger partial charge in [-0.25, -0.2) is 9.59 Å². The summed E-state index contributed by atoms with van der Waals surface area (Å²) in [5.74, 6) is -2.03.